The zero-order valence-corrected chi connectivity index (χ0v) is 28.5. The molecule has 0 amide bonds. The van der Waals surface area contributed by atoms with Crippen LogP contribution in [0.3, 0.4) is 0 Å². The van der Waals surface area contributed by atoms with E-state index in [1.807, 2.05) is 18.2 Å². The molecule has 0 unspecified atom stereocenters. The second-order valence-electron chi connectivity index (χ2n) is 11.8. The Labute approximate surface area is 281 Å². The van der Waals surface area contributed by atoms with Crippen molar-refractivity contribution in [3.63, 3.8) is 0 Å². The fourth-order valence-corrected chi connectivity index (χ4v) is 6.87. The fourth-order valence-electron chi connectivity index (χ4n) is 6.15. The van der Waals surface area contributed by atoms with Gasteiger partial charge in [0.2, 0.25) is 0 Å². The van der Waals surface area contributed by atoms with Crippen LogP contribution in [0.25, 0.3) is 0 Å². The van der Waals surface area contributed by atoms with Gasteiger partial charge in [0.1, 0.15) is 22.9 Å². The molecule has 0 saturated carbocycles. The minimum atomic E-state index is -0.336. The lowest BCUT2D eigenvalue weighted by Gasteiger charge is -2.37. The van der Waals surface area contributed by atoms with E-state index in [0.717, 1.165) is 66.1 Å². The van der Waals surface area contributed by atoms with Crippen molar-refractivity contribution in [3.8, 4) is 11.5 Å². The summed E-state index contributed by atoms with van der Waals surface area (Å²) in [6.07, 6.45) is 7.61. The van der Waals surface area contributed by atoms with Gasteiger partial charge < -0.3 is 9.84 Å². The van der Waals surface area contributed by atoms with Crippen LogP contribution in [0.4, 0.5) is 0 Å². The van der Waals surface area contributed by atoms with E-state index < -0.39 is 0 Å². The molecule has 4 aromatic rings. The standard InChI is InChI=1S/C19H17BrO2.C11H12O.C8H7BrO2/c20-15-5-6-18-16(11-15)17(21)12-19(22-18)9-7-13-3-1-2-4-14(13)8-10-19;12-11-7-5-9-3-1-2-4-10(9)6-8-11;1-5(10)7-4-6(9)2-3-8(7)11/h1-6,11H,7-10,12H2;1-4H,5-8H2;2-4,11H,1H3. The summed E-state index contributed by atoms with van der Waals surface area (Å²) in [7, 11) is 0. The van der Waals surface area contributed by atoms with Crippen LogP contribution in [0.1, 0.15) is 82.0 Å². The third-order valence-electron chi connectivity index (χ3n) is 8.67. The first kappa shape index (κ1) is 32.8. The largest absolute Gasteiger partial charge is 0.507 e. The molecular weight excluding hydrogens is 696 g/mol. The summed E-state index contributed by atoms with van der Waals surface area (Å²) < 4.78 is 8.07. The van der Waals surface area contributed by atoms with Crippen molar-refractivity contribution < 1.29 is 24.2 Å². The number of fused-ring (bicyclic) bond motifs is 3. The topological polar surface area (TPSA) is 80.7 Å². The fraction of sp³-hybridized carbons (Fsp3) is 0.289. The Morgan fingerprint density at radius 1 is 0.711 bits per heavy atom. The van der Waals surface area contributed by atoms with E-state index in [1.54, 1.807) is 12.1 Å². The Kier molecular flexibility index (Phi) is 10.7. The van der Waals surface area contributed by atoms with Gasteiger partial charge in [0, 0.05) is 21.8 Å². The predicted molar refractivity (Wildman–Crippen MR) is 183 cm³/mol. The molecule has 0 saturated heterocycles. The Hall–Kier alpha value is -3.55. The van der Waals surface area contributed by atoms with Gasteiger partial charge in [-0.25, -0.2) is 0 Å². The number of phenols is 1. The average molecular weight is 733 g/mol. The van der Waals surface area contributed by atoms with Gasteiger partial charge in [0.25, 0.3) is 0 Å². The highest BCUT2D eigenvalue weighted by Crippen LogP contribution is 2.41. The number of aryl methyl sites for hydroxylation is 4. The molecule has 1 spiro atoms. The van der Waals surface area contributed by atoms with Crippen LogP contribution >= 0.6 is 31.9 Å². The summed E-state index contributed by atoms with van der Waals surface area (Å²) in [4.78, 5) is 34.6. The second-order valence-corrected chi connectivity index (χ2v) is 13.7. The molecule has 1 N–H and O–H groups in total. The zero-order valence-electron chi connectivity index (χ0n) is 25.3. The van der Waals surface area contributed by atoms with Crippen LogP contribution in [0.2, 0.25) is 0 Å². The second kappa shape index (κ2) is 14.7. The molecule has 0 fully saturated rings. The number of rotatable bonds is 1. The zero-order chi connectivity index (χ0) is 32.0. The average Bonchev–Trinajstić information content (AvgIpc) is 3.33. The molecule has 7 heteroatoms. The highest BCUT2D eigenvalue weighted by molar-refractivity contribution is 9.10. The minimum absolute atomic E-state index is 0.0284. The normalized spacial score (nSPS) is 16.2. The lowest BCUT2D eigenvalue weighted by Crippen LogP contribution is -2.42. The molecule has 0 bridgehead atoms. The molecule has 2 aliphatic carbocycles. The smallest absolute Gasteiger partial charge is 0.170 e. The predicted octanol–water partition coefficient (Wildman–Crippen LogP) is 9.22. The van der Waals surface area contributed by atoms with Crippen LogP contribution in [-0.4, -0.2) is 28.1 Å². The highest BCUT2D eigenvalue weighted by atomic mass is 79.9. The van der Waals surface area contributed by atoms with Crippen LogP contribution in [0.15, 0.2) is 93.9 Å². The Morgan fingerprint density at radius 3 is 1.76 bits per heavy atom. The molecular formula is C38H36Br2O5. The number of carbonyl (C=O) groups excluding carboxylic acids is 3. The van der Waals surface area contributed by atoms with Crippen molar-refractivity contribution in [2.45, 2.75) is 70.3 Å². The maximum Gasteiger partial charge on any atom is 0.170 e. The number of hydrogen-bond donors (Lipinski definition) is 1. The van der Waals surface area contributed by atoms with Crippen LogP contribution in [0, 0.1) is 0 Å². The monoisotopic (exact) mass is 730 g/mol. The molecule has 1 heterocycles. The summed E-state index contributed by atoms with van der Waals surface area (Å²) >= 11 is 6.63. The van der Waals surface area contributed by atoms with Crippen molar-refractivity contribution in [2.24, 2.45) is 0 Å². The van der Waals surface area contributed by atoms with Gasteiger partial charge in [0.15, 0.2) is 11.6 Å². The molecule has 45 heavy (non-hydrogen) atoms. The van der Waals surface area contributed by atoms with E-state index >= 15 is 0 Å². The van der Waals surface area contributed by atoms with E-state index in [4.69, 9.17) is 9.84 Å². The summed E-state index contributed by atoms with van der Waals surface area (Å²) in [6, 6.07) is 27.4. The first-order valence-corrected chi connectivity index (χ1v) is 16.9. The number of Topliss-reactive ketones (excluding diaryl/α,β-unsaturated/α-hetero) is 3. The highest BCUT2D eigenvalue weighted by Gasteiger charge is 2.41. The molecule has 232 valence electrons. The Bertz CT molecular complexity index is 1670. The van der Waals surface area contributed by atoms with Gasteiger partial charge in [-0.05, 0) is 104 Å². The quantitative estimate of drug-likeness (QED) is 0.156. The number of ether oxygens (including phenoxy) is 1. The van der Waals surface area contributed by atoms with Crippen molar-refractivity contribution in [3.05, 3.63) is 127 Å². The van der Waals surface area contributed by atoms with E-state index in [2.05, 4.69) is 80.4 Å². The number of benzene rings is 4. The van der Waals surface area contributed by atoms with Crippen molar-refractivity contribution >= 4 is 49.2 Å². The van der Waals surface area contributed by atoms with Crippen LogP contribution in [0.5, 0.6) is 11.5 Å². The lowest BCUT2D eigenvalue weighted by molar-refractivity contribution is -0.118. The lowest BCUT2D eigenvalue weighted by atomic mass is 9.84. The molecule has 0 radical (unpaired) electrons. The number of halogens is 2. The molecule has 0 aromatic heterocycles. The summed E-state index contributed by atoms with van der Waals surface area (Å²) in [5, 5.41) is 9.16. The van der Waals surface area contributed by atoms with Gasteiger partial charge in [0.05, 0.1) is 17.5 Å². The van der Waals surface area contributed by atoms with E-state index in [9.17, 15) is 14.4 Å². The van der Waals surface area contributed by atoms with E-state index in [-0.39, 0.29) is 22.9 Å². The molecule has 0 atom stereocenters. The maximum atomic E-state index is 12.6. The Balaban J connectivity index is 0.000000147. The number of aromatic hydroxyl groups is 1. The molecule has 3 aliphatic rings. The molecule has 4 aromatic carbocycles. The molecule has 7 rings (SSSR count). The van der Waals surface area contributed by atoms with Crippen LogP contribution in [-0.2, 0) is 30.5 Å². The minimum Gasteiger partial charge on any atom is -0.507 e. The van der Waals surface area contributed by atoms with Gasteiger partial charge in [-0.3, -0.25) is 14.4 Å². The van der Waals surface area contributed by atoms with Gasteiger partial charge in [-0.2, -0.15) is 0 Å². The van der Waals surface area contributed by atoms with Crippen LogP contribution < -0.4 is 4.74 Å². The summed E-state index contributed by atoms with van der Waals surface area (Å²) in [6.45, 7) is 1.42. The van der Waals surface area contributed by atoms with E-state index in [1.165, 1.54) is 35.2 Å². The van der Waals surface area contributed by atoms with Gasteiger partial charge in [-0.1, -0.05) is 80.4 Å². The maximum absolute atomic E-state index is 12.6. The molecule has 1 aliphatic heterocycles. The van der Waals surface area contributed by atoms with Crippen molar-refractivity contribution in [1.82, 2.24) is 0 Å². The third kappa shape index (κ3) is 8.39. The SMILES string of the molecule is CC(=O)c1cc(Br)ccc1O.O=C1CC2(CCc3ccccc3CC2)Oc2ccc(Br)cc21.O=C1CCc2ccccc2CC1. The molecule has 5 nitrogen and oxygen atoms in total. The summed E-state index contributed by atoms with van der Waals surface area (Å²) in [5.74, 6) is 1.25. The summed E-state index contributed by atoms with van der Waals surface area (Å²) in [5.41, 5.74) is 6.25. The number of hydrogen-bond acceptors (Lipinski definition) is 5. The van der Waals surface area contributed by atoms with Crippen molar-refractivity contribution in [2.75, 3.05) is 0 Å². The van der Waals surface area contributed by atoms with E-state index in [0.29, 0.717) is 23.3 Å². The van der Waals surface area contributed by atoms with Gasteiger partial charge >= 0.3 is 0 Å². The first-order valence-electron chi connectivity index (χ1n) is 15.3. The first-order chi connectivity index (χ1) is 21.6. The Morgan fingerprint density at radius 2 is 1.22 bits per heavy atom. The number of ketones is 3. The number of carbonyl (C=O) groups is 3. The number of phenolic OH excluding ortho intramolecular Hbond substituents is 1. The van der Waals surface area contributed by atoms with Crippen molar-refractivity contribution in [1.29, 1.82) is 0 Å². The van der Waals surface area contributed by atoms with Gasteiger partial charge in [-0.15, -0.1) is 0 Å². The third-order valence-corrected chi connectivity index (χ3v) is 9.66.